The molecule has 1 amide bonds. The van der Waals surface area contributed by atoms with E-state index in [1.807, 2.05) is 18.7 Å². The topological polar surface area (TPSA) is 55.1 Å². The highest BCUT2D eigenvalue weighted by Gasteiger charge is 2.36. The molecule has 1 aliphatic rings. The van der Waals surface area contributed by atoms with Gasteiger partial charge in [-0.05, 0) is 43.6 Å². The van der Waals surface area contributed by atoms with Crippen LogP contribution < -0.4 is 11.1 Å². The molecular weight excluding hydrogens is 220 g/mol. The summed E-state index contributed by atoms with van der Waals surface area (Å²) < 4.78 is 0. The Balaban J connectivity index is 2.29. The van der Waals surface area contributed by atoms with Crippen LogP contribution in [0.15, 0.2) is 0 Å². The minimum Gasteiger partial charge on any atom is -0.368 e. The Morgan fingerprint density at radius 2 is 2.19 bits per heavy atom. The first-order valence-electron chi connectivity index (χ1n) is 6.09. The Morgan fingerprint density at radius 3 is 2.62 bits per heavy atom. The van der Waals surface area contributed by atoms with Crippen LogP contribution in [0.1, 0.15) is 40.0 Å². The molecule has 0 bridgehead atoms. The van der Waals surface area contributed by atoms with Gasteiger partial charge in [-0.3, -0.25) is 4.79 Å². The maximum absolute atomic E-state index is 11.5. The number of hydrogen-bond donors (Lipinski definition) is 2. The van der Waals surface area contributed by atoms with Crippen LogP contribution >= 0.6 is 11.8 Å². The maximum atomic E-state index is 11.5. The van der Waals surface area contributed by atoms with Crippen LogP contribution in [0.2, 0.25) is 0 Å². The minimum atomic E-state index is -0.509. The first kappa shape index (κ1) is 13.8. The summed E-state index contributed by atoms with van der Waals surface area (Å²) in [5, 5.41) is 3.37. The van der Waals surface area contributed by atoms with Crippen molar-refractivity contribution in [3.63, 3.8) is 0 Å². The molecule has 0 saturated heterocycles. The number of rotatable bonds is 8. The van der Waals surface area contributed by atoms with E-state index in [0.717, 1.165) is 17.9 Å². The van der Waals surface area contributed by atoms with Gasteiger partial charge in [0.15, 0.2) is 0 Å². The van der Waals surface area contributed by atoms with E-state index in [9.17, 15) is 4.79 Å². The summed E-state index contributed by atoms with van der Waals surface area (Å²) in [7, 11) is 0. The summed E-state index contributed by atoms with van der Waals surface area (Å²) >= 11 is 1.91. The molecule has 0 spiro atoms. The predicted octanol–water partition coefficient (Wildman–Crippen LogP) is 1.76. The highest BCUT2D eigenvalue weighted by molar-refractivity contribution is 7.99. The monoisotopic (exact) mass is 244 g/mol. The normalized spacial score (nSPS) is 19.8. The number of nitrogens with two attached hydrogens (primary N) is 1. The van der Waals surface area contributed by atoms with E-state index >= 15 is 0 Å². The molecule has 3 nitrogen and oxygen atoms in total. The molecule has 4 heteroatoms. The first-order chi connectivity index (χ1) is 7.44. The lowest BCUT2D eigenvalue weighted by atomic mass is 9.98. The molecule has 1 atom stereocenters. The third-order valence-electron chi connectivity index (χ3n) is 2.84. The van der Waals surface area contributed by atoms with E-state index in [4.69, 9.17) is 5.73 Å². The number of hydrogen-bond acceptors (Lipinski definition) is 3. The summed E-state index contributed by atoms with van der Waals surface area (Å²) in [6.45, 7) is 6.36. The Labute approximate surface area is 103 Å². The minimum absolute atomic E-state index is 0.218. The van der Waals surface area contributed by atoms with Crippen LogP contribution in [0.4, 0.5) is 0 Å². The van der Waals surface area contributed by atoms with Crippen molar-refractivity contribution in [2.75, 3.05) is 11.5 Å². The van der Waals surface area contributed by atoms with Gasteiger partial charge < -0.3 is 11.1 Å². The zero-order chi connectivity index (χ0) is 12.2. The molecule has 1 saturated carbocycles. The fourth-order valence-electron chi connectivity index (χ4n) is 1.54. The Bertz CT molecular complexity index is 241. The lowest BCUT2D eigenvalue weighted by Gasteiger charge is -2.27. The van der Waals surface area contributed by atoms with Crippen LogP contribution in [-0.4, -0.2) is 29.0 Å². The molecular formula is C12H24N2OS. The maximum Gasteiger partial charge on any atom is 0.237 e. The molecule has 0 aromatic heterocycles. The predicted molar refractivity (Wildman–Crippen MR) is 70.5 cm³/mol. The van der Waals surface area contributed by atoms with Gasteiger partial charge in [-0.25, -0.2) is 0 Å². The van der Waals surface area contributed by atoms with E-state index in [1.165, 1.54) is 12.8 Å². The number of primary amides is 1. The van der Waals surface area contributed by atoms with Gasteiger partial charge in [-0.1, -0.05) is 13.8 Å². The number of carbonyl (C=O) groups excluding carboxylic acids is 1. The summed E-state index contributed by atoms with van der Waals surface area (Å²) in [4.78, 5) is 11.5. The Kier molecular flexibility index (Phi) is 5.12. The van der Waals surface area contributed by atoms with Gasteiger partial charge in [0.25, 0.3) is 0 Å². The number of carbonyl (C=O) groups is 1. The summed E-state index contributed by atoms with van der Waals surface area (Å²) in [5.74, 6) is 2.64. The summed E-state index contributed by atoms with van der Waals surface area (Å²) in [6.07, 6.45) is 3.19. The highest BCUT2D eigenvalue weighted by atomic mass is 32.2. The second kappa shape index (κ2) is 5.92. The summed E-state index contributed by atoms with van der Waals surface area (Å²) in [5.41, 5.74) is 4.97. The van der Waals surface area contributed by atoms with Gasteiger partial charge in [0.2, 0.25) is 5.91 Å². The molecule has 1 aliphatic carbocycles. The lowest BCUT2D eigenvalue weighted by molar-refractivity contribution is -0.124. The largest absolute Gasteiger partial charge is 0.368 e. The third-order valence-corrected chi connectivity index (χ3v) is 4.24. The van der Waals surface area contributed by atoms with Crippen molar-refractivity contribution in [2.24, 2.45) is 11.7 Å². The molecule has 16 heavy (non-hydrogen) atoms. The molecule has 1 fully saturated rings. The van der Waals surface area contributed by atoms with Gasteiger partial charge in [0.1, 0.15) is 0 Å². The SMILES string of the molecule is CC(C)CSCCC(C)(NC1CC1)C(N)=O. The van der Waals surface area contributed by atoms with E-state index in [0.29, 0.717) is 12.0 Å². The van der Waals surface area contributed by atoms with Crippen molar-refractivity contribution in [3.05, 3.63) is 0 Å². The second-order valence-electron chi connectivity index (χ2n) is 5.33. The Hall–Kier alpha value is -0.220. The zero-order valence-corrected chi connectivity index (χ0v) is 11.4. The molecule has 0 radical (unpaired) electrons. The number of nitrogens with one attached hydrogen (secondary N) is 1. The molecule has 0 aliphatic heterocycles. The van der Waals surface area contributed by atoms with Crippen LogP contribution in [-0.2, 0) is 4.79 Å². The Morgan fingerprint density at radius 1 is 1.56 bits per heavy atom. The number of amides is 1. The van der Waals surface area contributed by atoms with Crippen LogP contribution in [0.3, 0.4) is 0 Å². The zero-order valence-electron chi connectivity index (χ0n) is 10.6. The number of thioether (sulfide) groups is 1. The van der Waals surface area contributed by atoms with Crippen molar-refractivity contribution in [1.29, 1.82) is 0 Å². The van der Waals surface area contributed by atoms with Crippen molar-refractivity contribution >= 4 is 17.7 Å². The van der Waals surface area contributed by atoms with E-state index in [1.54, 1.807) is 0 Å². The van der Waals surface area contributed by atoms with Crippen molar-refractivity contribution in [2.45, 2.75) is 51.6 Å². The molecule has 0 aromatic rings. The smallest absolute Gasteiger partial charge is 0.237 e. The van der Waals surface area contributed by atoms with E-state index in [2.05, 4.69) is 19.2 Å². The van der Waals surface area contributed by atoms with Crippen molar-refractivity contribution in [1.82, 2.24) is 5.32 Å². The molecule has 1 rings (SSSR count). The fourth-order valence-corrected chi connectivity index (χ4v) is 2.73. The van der Waals surface area contributed by atoms with Crippen molar-refractivity contribution < 1.29 is 4.79 Å². The van der Waals surface area contributed by atoms with Crippen molar-refractivity contribution in [3.8, 4) is 0 Å². The van der Waals surface area contributed by atoms with Gasteiger partial charge in [-0.15, -0.1) is 0 Å². The van der Waals surface area contributed by atoms with Gasteiger partial charge in [0, 0.05) is 6.04 Å². The molecule has 0 aromatic carbocycles. The van der Waals surface area contributed by atoms with Crippen LogP contribution in [0.25, 0.3) is 0 Å². The van der Waals surface area contributed by atoms with Gasteiger partial charge >= 0.3 is 0 Å². The van der Waals surface area contributed by atoms with E-state index in [-0.39, 0.29) is 5.91 Å². The quantitative estimate of drug-likeness (QED) is 0.640. The highest BCUT2D eigenvalue weighted by Crippen LogP contribution is 2.25. The van der Waals surface area contributed by atoms with E-state index < -0.39 is 5.54 Å². The first-order valence-corrected chi connectivity index (χ1v) is 7.25. The van der Waals surface area contributed by atoms with Crippen LogP contribution in [0.5, 0.6) is 0 Å². The van der Waals surface area contributed by atoms with Crippen LogP contribution in [0, 0.1) is 5.92 Å². The molecule has 1 unspecified atom stereocenters. The average Bonchev–Trinajstić information content (AvgIpc) is 2.96. The summed E-state index contributed by atoms with van der Waals surface area (Å²) in [6, 6.07) is 0.521. The molecule has 94 valence electrons. The average molecular weight is 244 g/mol. The van der Waals surface area contributed by atoms with Gasteiger partial charge in [0.05, 0.1) is 5.54 Å². The fraction of sp³-hybridized carbons (Fsp3) is 0.917. The standard InChI is InChI=1S/C12H24N2OS/c1-9(2)8-16-7-6-12(3,11(13)15)14-10-4-5-10/h9-10,14H,4-8H2,1-3H3,(H2,13,15). The third kappa shape index (κ3) is 4.74. The van der Waals surface area contributed by atoms with Gasteiger partial charge in [-0.2, -0.15) is 11.8 Å². The molecule has 3 N–H and O–H groups in total. The molecule has 0 heterocycles. The lowest BCUT2D eigenvalue weighted by Crippen LogP contribution is -2.54. The second-order valence-corrected chi connectivity index (χ2v) is 6.48.